The number of hydrogen-bond donors (Lipinski definition) is 1. The molecule has 0 aliphatic carbocycles. The molecule has 2 amide bonds. The first kappa shape index (κ1) is 18.9. The molecule has 9 heteroatoms. The van der Waals surface area contributed by atoms with Crippen LogP contribution in [-0.4, -0.2) is 31.2 Å². The fourth-order valence-corrected chi connectivity index (χ4v) is 4.82. The van der Waals surface area contributed by atoms with Crippen LogP contribution in [0.2, 0.25) is 0 Å². The van der Waals surface area contributed by atoms with Crippen molar-refractivity contribution < 1.29 is 14.0 Å². The second kappa shape index (κ2) is 7.32. The van der Waals surface area contributed by atoms with Crippen molar-refractivity contribution in [2.45, 2.75) is 45.3 Å². The fraction of sp³-hybridized carbons (Fsp3) is 0.333. The fourth-order valence-electron chi connectivity index (χ4n) is 4.28. The van der Waals surface area contributed by atoms with E-state index in [1.165, 1.54) is 22.3 Å². The number of aromatic nitrogens is 3. The minimum atomic E-state index is -0.906. The number of aryl methyl sites for hydroxylation is 2. The van der Waals surface area contributed by atoms with E-state index < -0.39 is 6.04 Å². The lowest BCUT2D eigenvalue weighted by Crippen LogP contribution is -2.38. The minimum absolute atomic E-state index is 0.164. The van der Waals surface area contributed by atoms with Crippen molar-refractivity contribution >= 4 is 28.3 Å². The molecule has 0 saturated carbocycles. The van der Waals surface area contributed by atoms with Gasteiger partial charge < -0.3 is 9.47 Å². The van der Waals surface area contributed by atoms with Gasteiger partial charge >= 0.3 is 0 Å². The highest BCUT2D eigenvalue weighted by Crippen LogP contribution is 2.36. The van der Waals surface area contributed by atoms with E-state index in [2.05, 4.69) is 15.3 Å². The minimum Gasteiger partial charge on any atom is -0.334 e. The highest BCUT2D eigenvalue weighted by atomic mass is 32.1. The van der Waals surface area contributed by atoms with Crippen molar-refractivity contribution in [1.82, 2.24) is 19.4 Å². The van der Waals surface area contributed by atoms with Crippen molar-refractivity contribution in [3.63, 3.8) is 0 Å². The molecule has 2 aromatic heterocycles. The number of benzene rings is 1. The van der Waals surface area contributed by atoms with E-state index in [0.717, 1.165) is 25.1 Å². The SMILES string of the molecule is CCc1cc2c(cc1F)CN(C(C(=O)Nc1nccs1)c1ncn3c1CCC3)C2=O. The van der Waals surface area contributed by atoms with E-state index in [-0.39, 0.29) is 24.2 Å². The molecular formula is C21H20FN5O2S. The van der Waals surface area contributed by atoms with Gasteiger partial charge in [0, 0.05) is 35.9 Å². The van der Waals surface area contributed by atoms with Crippen molar-refractivity contribution in [2.24, 2.45) is 0 Å². The zero-order valence-electron chi connectivity index (χ0n) is 16.4. The van der Waals surface area contributed by atoms with Crippen LogP contribution in [0.3, 0.4) is 0 Å². The maximum Gasteiger partial charge on any atom is 0.255 e. The van der Waals surface area contributed by atoms with Gasteiger partial charge in [-0.3, -0.25) is 14.9 Å². The molecule has 154 valence electrons. The second-order valence-electron chi connectivity index (χ2n) is 7.49. The number of imidazole rings is 1. The Bertz CT molecular complexity index is 1140. The van der Waals surface area contributed by atoms with E-state index in [0.29, 0.717) is 33.9 Å². The lowest BCUT2D eigenvalue weighted by atomic mass is 10.0. The van der Waals surface area contributed by atoms with Crippen LogP contribution in [0, 0.1) is 5.82 Å². The molecule has 7 nitrogen and oxygen atoms in total. The van der Waals surface area contributed by atoms with Gasteiger partial charge in [-0.25, -0.2) is 14.4 Å². The standard InChI is InChI=1S/C21H20FN5O2S/c1-2-12-8-14-13(9-15(12)22)10-27(20(14)29)18(19(28)25-21-23-5-7-30-21)17-16-4-3-6-26(16)11-24-17/h5,7-9,11,18H,2-4,6,10H2,1H3,(H,23,25,28). The summed E-state index contributed by atoms with van der Waals surface area (Å²) in [5, 5.41) is 5.04. The average molecular weight is 425 g/mol. The first-order chi connectivity index (χ1) is 14.6. The number of rotatable bonds is 5. The van der Waals surface area contributed by atoms with Crippen LogP contribution in [-0.2, 0) is 30.7 Å². The molecule has 1 N–H and O–H groups in total. The number of nitrogens with one attached hydrogen (secondary N) is 1. The van der Waals surface area contributed by atoms with Crippen LogP contribution in [0.4, 0.5) is 9.52 Å². The average Bonchev–Trinajstić information content (AvgIpc) is 3.49. The van der Waals surface area contributed by atoms with Gasteiger partial charge in [-0.2, -0.15) is 0 Å². The lowest BCUT2D eigenvalue weighted by Gasteiger charge is -2.26. The van der Waals surface area contributed by atoms with Gasteiger partial charge in [0.05, 0.1) is 12.0 Å². The highest BCUT2D eigenvalue weighted by Gasteiger charge is 2.41. The molecule has 2 aliphatic rings. The molecule has 0 radical (unpaired) electrons. The third kappa shape index (κ3) is 3.00. The third-order valence-corrected chi connectivity index (χ3v) is 6.45. The molecule has 0 fully saturated rings. The molecule has 1 unspecified atom stereocenters. The quantitative estimate of drug-likeness (QED) is 0.680. The van der Waals surface area contributed by atoms with Gasteiger partial charge in [-0.05, 0) is 42.5 Å². The summed E-state index contributed by atoms with van der Waals surface area (Å²) in [6, 6.07) is 2.12. The number of thiazole rings is 1. The normalized spacial score (nSPS) is 15.9. The molecule has 3 aromatic rings. The molecule has 30 heavy (non-hydrogen) atoms. The summed E-state index contributed by atoms with van der Waals surface area (Å²) in [4.78, 5) is 36.7. The van der Waals surface area contributed by atoms with Crippen molar-refractivity contribution in [3.05, 3.63) is 63.9 Å². The lowest BCUT2D eigenvalue weighted by molar-refractivity contribution is -0.121. The van der Waals surface area contributed by atoms with Gasteiger partial charge in [0.25, 0.3) is 11.8 Å². The number of carbonyl (C=O) groups is 2. The van der Waals surface area contributed by atoms with E-state index >= 15 is 0 Å². The van der Waals surface area contributed by atoms with Gasteiger partial charge in [-0.1, -0.05) is 6.92 Å². The van der Waals surface area contributed by atoms with Crippen LogP contribution in [0.25, 0.3) is 0 Å². The number of nitrogens with zero attached hydrogens (tertiary/aromatic N) is 4. The molecular weight excluding hydrogens is 405 g/mol. The van der Waals surface area contributed by atoms with Gasteiger partial charge in [0.15, 0.2) is 11.2 Å². The summed E-state index contributed by atoms with van der Waals surface area (Å²) < 4.78 is 16.4. The van der Waals surface area contributed by atoms with Crippen LogP contribution in [0.1, 0.15) is 52.3 Å². The smallest absolute Gasteiger partial charge is 0.255 e. The summed E-state index contributed by atoms with van der Waals surface area (Å²) >= 11 is 1.31. The predicted octanol–water partition coefficient (Wildman–Crippen LogP) is 3.32. The zero-order valence-corrected chi connectivity index (χ0v) is 17.2. The summed E-state index contributed by atoms with van der Waals surface area (Å²) in [7, 11) is 0. The van der Waals surface area contributed by atoms with Gasteiger partial charge in [0.1, 0.15) is 5.82 Å². The number of halogens is 1. The Morgan fingerprint density at radius 2 is 2.23 bits per heavy atom. The third-order valence-electron chi connectivity index (χ3n) is 5.76. The Balaban J connectivity index is 1.55. The van der Waals surface area contributed by atoms with Crippen molar-refractivity contribution in [1.29, 1.82) is 0 Å². The van der Waals surface area contributed by atoms with Crippen LogP contribution in [0.15, 0.2) is 30.0 Å². The van der Waals surface area contributed by atoms with Crippen LogP contribution >= 0.6 is 11.3 Å². The molecule has 0 saturated heterocycles. The summed E-state index contributed by atoms with van der Waals surface area (Å²) in [6.45, 7) is 2.86. The summed E-state index contributed by atoms with van der Waals surface area (Å²) in [5.41, 5.74) is 3.10. The number of anilines is 1. The van der Waals surface area contributed by atoms with Gasteiger partial charge in [-0.15, -0.1) is 11.3 Å². The summed E-state index contributed by atoms with van der Waals surface area (Å²) in [5.74, 6) is -0.966. The molecule has 4 heterocycles. The number of fused-ring (bicyclic) bond motifs is 2. The summed E-state index contributed by atoms with van der Waals surface area (Å²) in [6.07, 6.45) is 5.61. The van der Waals surface area contributed by atoms with E-state index in [1.807, 2.05) is 11.5 Å². The topological polar surface area (TPSA) is 80.1 Å². The zero-order chi connectivity index (χ0) is 20.8. The Morgan fingerprint density at radius 1 is 1.37 bits per heavy atom. The number of amides is 2. The largest absolute Gasteiger partial charge is 0.334 e. The molecule has 0 bridgehead atoms. The van der Waals surface area contributed by atoms with Gasteiger partial charge in [0.2, 0.25) is 0 Å². The van der Waals surface area contributed by atoms with E-state index in [1.54, 1.807) is 24.0 Å². The van der Waals surface area contributed by atoms with E-state index in [9.17, 15) is 14.0 Å². The molecule has 1 atom stereocenters. The Kier molecular flexibility index (Phi) is 4.62. The number of carbonyl (C=O) groups excluding carboxylic acids is 2. The van der Waals surface area contributed by atoms with Crippen molar-refractivity contribution in [3.8, 4) is 0 Å². The van der Waals surface area contributed by atoms with Crippen molar-refractivity contribution in [2.75, 3.05) is 5.32 Å². The molecule has 0 spiro atoms. The molecule has 5 rings (SSSR count). The molecule has 2 aliphatic heterocycles. The second-order valence-corrected chi connectivity index (χ2v) is 8.38. The maximum absolute atomic E-state index is 14.3. The Labute approximate surface area is 176 Å². The first-order valence-electron chi connectivity index (χ1n) is 9.93. The maximum atomic E-state index is 14.3. The van der Waals surface area contributed by atoms with E-state index in [4.69, 9.17) is 0 Å². The highest BCUT2D eigenvalue weighted by molar-refractivity contribution is 7.13. The first-order valence-corrected chi connectivity index (χ1v) is 10.8. The van der Waals surface area contributed by atoms with Crippen LogP contribution in [0.5, 0.6) is 0 Å². The molecule has 1 aromatic carbocycles. The monoisotopic (exact) mass is 425 g/mol. The van der Waals surface area contributed by atoms with Crippen LogP contribution < -0.4 is 5.32 Å². The Hall–Kier alpha value is -3.07. The number of hydrogen-bond acceptors (Lipinski definition) is 5. The predicted molar refractivity (Wildman–Crippen MR) is 110 cm³/mol. The Morgan fingerprint density at radius 3 is 3.00 bits per heavy atom.